The zero-order valence-corrected chi connectivity index (χ0v) is 10.3. The Morgan fingerprint density at radius 3 is 3.00 bits per heavy atom. The first-order valence-corrected chi connectivity index (χ1v) is 6.43. The van der Waals surface area contributed by atoms with Gasteiger partial charge in [0.05, 0.1) is 0 Å². The van der Waals surface area contributed by atoms with Crippen LogP contribution in [0.4, 0.5) is 5.13 Å². The van der Waals surface area contributed by atoms with Gasteiger partial charge in [-0.15, -0.1) is 11.3 Å². The number of aromatic nitrogens is 1. The highest BCUT2D eigenvalue weighted by Gasteiger charge is 2.27. The number of carboxylic acid groups (broad SMARTS) is 1. The Morgan fingerprint density at radius 1 is 1.62 bits per heavy atom. The molecule has 2 rings (SSSR count). The largest absolute Gasteiger partial charge is 0.476 e. The molecule has 2 atom stereocenters. The van der Waals surface area contributed by atoms with E-state index in [1.807, 2.05) is 0 Å². The van der Waals surface area contributed by atoms with Gasteiger partial charge in [-0.3, -0.25) is 0 Å². The Labute approximate surface area is 98.9 Å². The summed E-state index contributed by atoms with van der Waals surface area (Å²) < 4.78 is 0. The number of carboxylic acids is 1. The maximum Gasteiger partial charge on any atom is 0.355 e. The monoisotopic (exact) mass is 240 g/mol. The van der Waals surface area contributed by atoms with Crippen LogP contribution >= 0.6 is 11.3 Å². The summed E-state index contributed by atoms with van der Waals surface area (Å²) in [6.07, 6.45) is 2.41. The minimum Gasteiger partial charge on any atom is -0.476 e. The van der Waals surface area contributed by atoms with Gasteiger partial charge in [-0.05, 0) is 25.7 Å². The number of aromatic carboxylic acids is 1. The van der Waals surface area contributed by atoms with Crippen molar-refractivity contribution in [3.63, 3.8) is 0 Å². The molecule has 5 heteroatoms. The van der Waals surface area contributed by atoms with Gasteiger partial charge < -0.3 is 10.0 Å². The first-order chi connectivity index (χ1) is 7.59. The molecule has 1 aromatic rings. The molecule has 0 amide bonds. The van der Waals surface area contributed by atoms with E-state index < -0.39 is 5.97 Å². The van der Waals surface area contributed by atoms with Gasteiger partial charge in [0.15, 0.2) is 10.8 Å². The second-order valence-electron chi connectivity index (χ2n) is 4.37. The van der Waals surface area contributed by atoms with Crippen molar-refractivity contribution in [2.45, 2.75) is 32.7 Å². The molecule has 1 aliphatic rings. The van der Waals surface area contributed by atoms with Crippen molar-refractivity contribution in [1.29, 1.82) is 0 Å². The summed E-state index contributed by atoms with van der Waals surface area (Å²) in [5.74, 6) is -0.300. The lowest BCUT2D eigenvalue weighted by molar-refractivity contribution is 0.0691. The lowest BCUT2D eigenvalue weighted by atomic mass is 9.93. The molecule has 1 saturated heterocycles. The lowest BCUT2D eigenvalue weighted by Crippen LogP contribution is -2.42. The number of anilines is 1. The van der Waals surface area contributed by atoms with E-state index in [4.69, 9.17) is 5.11 Å². The highest BCUT2D eigenvalue weighted by atomic mass is 32.1. The van der Waals surface area contributed by atoms with Crippen molar-refractivity contribution >= 4 is 22.4 Å². The van der Waals surface area contributed by atoms with Crippen LogP contribution in [0.15, 0.2) is 5.38 Å². The number of carbonyl (C=O) groups is 1. The molecule has 0 radical (unpaired) electrons. The zero-order valence-electron chi connectivity index (χ0n) is 9.51. The minimum absolute atomic E-state index is 0.158. The van der Waals surface area contributed by atoms with Crippen molar-refractivity contribution in [3.05, 3.63) is 11.1 Å². The maximum absolute atomic E-state index is 10.8. The Bertz CT molecular complexity index is 391. The number of rotatable bonds is 2. The molecule has 2 heterocycles. The second kappa shape index (κ2) is 4.41. The fourth-order valence-corrected chi connectivity index (χ4v) is 3.01. The van der Waals surface area contributed by atoms with Gasteiger partial charge >= 0.3 is 5.97 Å². The number of hydrogen-bond acceptors (Lipinski definition) is 4. The van der Waals surface area contributed by atoms with Crippen LogP contribution in [0.25, 0.3) is 0 Å². The molecule has 0 saturated carbocycles. The van der Waals surface area contributed by atoms with E-state index in [1.54, 1.807) is 5.38 Å². The number of piperidine rings is 1. The Kier molecular flexibility index (Phi) is 3.14. The third kappa shape index (κ3) is 2.04. The van der Waals surface area contributed by atoms with E-state index in [0.717, 1.165) is 18.1 Å². The standard InChI is InChI=1S/C11H16N2O2S/c1-7-4-3-5-13(8(7)2)11-12-9(6-16-11)10(14)15/h6-8H,3-5H2,1-2H3,(H,14,15). The molecule has 2 unspecified atom stereocenters. The molecule has 1 aliphatic heterocycles. The molecular formula is C11H16N2O2S. The van der Waals surface area contributed by atoms with Crippen LogP contribution in [-0.2, 0) is 0 Å². The molecule has 0 spiro atoms. The molecule has 1 aromatic heterocycles. The first kappa shape index (κ1) is 11.4. The van der Waals surface area contributed by atoms with E-state index in [2.05, 4.69) is 23.7 Å². The van der Waals surface area contributed by atoms with Gasteiger partial charge in [0.1, 0.15) is 0 Å². The summed E-state index contributed by atoms with van der Waals surface area (Å²) in [5.41, 5.74) is 0.158. The number of nitrogens with zero attached hydrogens (tertiary/aromatic N) is 2. The maximum atomic E-state index is 10.8. The average molecular weight is 240 g/mol. The van der Waals surface area contributed by atoms with Crippen LogP contribution < -0.4 is 4.90 Å². The molecule has 0 bridgehead atoms. The SMILES string of the molecule is CC1CCCN(c2nc(C(=O)O)cs2)C1C. The van der Waals surface area contributed by atoms with Crippen molar-refractivity contribution in [3.8, 4) is 0 Å². The number of hydrogen-bond donors (Lipinski definition) is 1. The summed E-state index contributed by atoms with van der Waals surface area (Å²) in [6.45, 7) is 5.41. The highest BCUT2D eigenvalue weighted by Crippen LogP contribution is 2.30. The van der Waals surface area contributed by atoms with Crippen molar-refractivity contribution in [2.24, 2.45) is 5.92 Å². The van der Waals surface area contributed by atoms with Gasteiger partial charge in [0.25, 0.3) is 0 Å². The average Bonchev–Trinajstić information content (AvgIpc) is 2.71. The van der Waals surface area contributed by atoms with E-state index in [1.165, 1.54) is 17.8 Å². The van der Waals surface area contributed by atoms with Gasteiger partial charge in [-0.1, -0.05) is 6.92 Å². The van der Waals surface area contributed by atoms with Crippen molar-refractivity contribution in [1.82, 2.24) is 4.98 Å². The van der Waals surface area contributed by atoms with Crippen molar-refractivity contribution < 1.29 is 9.90 Å². The van der Waals surface area contributed by atoms with E-state index >= 15 is 0 Å². The Morgan fingerprint density at radius 2 is 2.38 bits per heavy atom. The first-order valence-electron chi connectivity index (χ1n) is 5.55. The Balaban J connectivity index is 2.19. The third-order valence-corrected chi connectivity index (χ3v) is 4.21. The smallest absolute Gasteiger partial charge is 0.355 e. The van der Waals surface area contributed by atoms with Crippen LogP contribution in [0.3, 0.4) is 0 Å². The topological polar surface area (TPSA) is 53.4 Å². The lowest BCUT2D eigenvalue weighted by Gasteiger charge is -2.37. The van der Waals surface area contributed by atoms with E-state index in [9.17, 15) is 4.79 Å². The second-order valence-corrected chi connectivity index (χ2v) is 5.21. The summed E-state index contributed by atoms with van der Waals surface area (Å²) in [6, 6.07) is 0.446. The summed E-state index contributed by atoms with van der Waals surface area (Å²) in [7, 11) is 0. The summed E-state index contributed by atoms with van der Waals surface area (Å²) >= 11 is 1.42. The van der Waals surface area contributed by atoms with Crippen LogP contribution in [0.5, 0.6) is 0 Å². The quantitative estimate of drug-likeness (QED) is 0.862. The van der Waals surface area contributed by atoms with Gasteiger partial charge in [-0.25, -0.2) is 9.78 Å². The summed E-state index contributed by atoms with van der Waals surface area (Å²) in [5, 5.41) is 11.3. The normalized spacial score (nSPS) is 25.8. The van der Waals surface area contributed by atoms with Gasteiger partial charge in [0.2, 0.25) is 0 Å². The van der Waals surface area contributed by atoms with Crippen LogP contribution in [0, 0.1) is 5.92 Å². The van der Waals surface area contributed by atoms with Crippen LogP contribution in [-0.4, -0.2) is 28.6 Å². The molecule has 1 fully saturated rings. The van der Waals surface area contributed by atoms with Crippen LogP contribution in [0.2, 0.25) is 0 Å². The van der Waals surface area contributed by atoms with Crippen LogP contribution in [0.1, 0.15) is 37.2 Å². The molecule has 16 heavy (non-hydrogen) atoms. The minimum atomic E-state index is -0.944. The fraction of sp³-hybridized carbons (Fsp3) is 0.636. The summed E-state index contributed by atoms with van der Waals surface area (Å²) in [4.78, 5) is 17.2. The molecule has 88 valence electrons. The fourth-order valence-electron chi connectivity index (χ4n) is 2.10. The van der Waals surface area contributed by atoms with E-state index in [-0.39, 0.29) is 5.69 Å². The van der Waals surface area contributed by atoms with E-state index in [0.29, 0.717) is 12.0 Å². The zero-order chi connectivity index (χ0) is 11.7. The highest BCUT2D eigenvalue weighted by molar-refractivity contribution is 7.13. The van der Waals surface area contributed by atoms with Crippen molar-refractivity contribution in [2.75, 3.05) is 11.4 Å². The molecule has 1 N–H and O–H groups in total. The number of thiazole rings is 1. The Hall–Kier alpha value is -1.10. The predicted octanol–water partition coefficient (Wildman–Crippen LogP) is 2.47. The van der Waals surface area contributed by atoms with Gasteiger partial charge in [-0.2, -0.15) is 0 Å². The third-order valence-electron chi connectivity index (χ3n) is 3.33. The molecule has 0 aromatic carbocycles. The molecule has 4 nitrogen and oxygen atoms in total. The molecular weight excluding hydrogens is 224 g/mol. The molecule has 0 aliphatic carbocycles. The van der Waals surface area contributed by atoms with Gasteiger partial charge in [0, 0.05) is 18.0 Å². The predicted molar refractivity (Wildman–Crippen MR) is 64.3 cm³/mol.